The van der Waals surface area contributed by atoms with Crippen LogP contribution in [0.15, 0.2) is 4.99 Å². The second kappa shape index (κ2) is 17.4. The van der Waals surface area contributed by atoms with Crippen molar-refractivity contribution >= 4 is 11.5 Å². The second-order valence-electron chi connectivity index (χ2n) is 20.9. The van der Waals surface area contributed by atoms with Crippen molar-refractivity contribution in [3.05, 3.63) is 0 Å². The average Bonchev–Trinajstić information content (AvgIpc) is 3.92. The molecule has 7 rings (SSSR count). The van der Waals surface area contributed by atoms with Gasteiger partial charge < -0.3 is 46.4 Å². The maximum absolute atomic E-state index is 15.2. The van der Waals surface area contributed by atoms with Crippen LogP contribution in [0.1, 0.15) is 150 Å². The van der Waals surface area contributed by atoms with E-state index in [2.05, 4.69) is 19.2 Å². The average molecular weight is 802 g/mol. The fourth-order valence-electron chi connectivity index (χ4n) is 14.9. The fraction of sp³-hybridized carbons (Fsp3) is 0.957. The van der Waals surface area contributed by atoms with Crippen molar-refractivity contribution in [3.63, 3.8) is 0 Å². The minimum absolute atomic E-state index is 0.0186. The number of hydrogen-bond acceptors (Lipinski definition) is 11. The van der Waals surface area contributed by atoms with Gasteiger partial charge in [0.15, 0.2) is 5.78 Å². The summed E-state index contributed by atoms with van der Waals surface area (Å²) in [4.78, 5) is 20.2. The highest BCUT2D eigenvalue weighted by atomic mass is 16.5. The number of aliphatic hydroxyl groups is 6. The summed E-state index contributed by atoms with van der Waals surface area (Å²) in [6.45, 7) is 9.24. The van der Waals surface area contributed by atoms with Crippen LogP contribution in [0.5, 0.6) is 0 Å². The zero-order chi connectivity index (χ0) is 40.9. The molecule has 0 radical (unpaired) electrons. The van der Waals surface area contributed by atoms with Gasteiger partial charge in [0.2, 0.25) is 0 Å². The number of nitrogens with one attached hydrogen (secondary N) is 1. The maximum Gasteiger partial charge on any atom is 0.180 e. The molecule has 2 saturated heterocycles. The monoisotopic (exact) mass is 802 g/mol. The lowest BCUT2D eigenvalue weighted by molar-refractivity contribution is -0.244. The van der Waals surface area contributed by atoms with E-state index in [0.29, 0.717) is 56.3 Å². The third-order valence-corrected chi connectivity index (χ3v) is 17.8. The summed E-state index contributed by atoms with van der Waals surface area (Å²) in [6, 6.07) is 0. The van der Waals surface area contributed by atoms with Crippen LogP contribution in [0.3, 0.4) is 0 Å². The van der Waals surface area contributed by atoms with Crippen LogP contribution >= 0.6 is 0 Å². The Kier molecular flexibility index (Phi) is 13.4. The molecule has 7 aliphatic rings. The molecule has 17 atom stereocenters. The first-order valence-electron chi connectivity index (χ1n) is 23.5. The highest BCUT2D eigenvalue weighted by Crippen LogP contribution is 2.74. The topological polar surface area (TPSA) is 198 Å². The van der Waals surface area contributed by atoms with E-state index >= 15 is 4.79 Å². The normalized spacial score (nSPS) is 46.7. The first kappa shape index (κ1) is 44.0. The van der Waals surface area contributed by atoms with Crippen molar-refractivity contribution in [2.75, 3.05) is 19.7 Å². The number of Topliss-reactive ketones (excluding diaryl/α,β-unsaturated/α-hetero) is 1. The lowest BCUT2D eigenvalue weighted by Gasteiger charge is -2.67. The molecule has 0 aromatic heterocycles. The van der Waals surface area contributed by atoms with Gasteiger partial charge in [0.05, 0.1) is 60.6 Å². The van der Waals surface area contributed by atoms with E-state index in [1.165, 1.54) is 19.3 Å². The van der Waals surface area contributed by atoms with E-state index in [-0.39, 0.29) is 49.1 Å². The van der Waals surface area contributed by atoms with Gasteiger partial charge in [-0.1, -0.05) is 52.4 Å². The number of piperidine rings is 1. The molecule has 7 fully saturated rings. The van der Waals surface area contributed by atoms with Gasteiger partial charge in [-0.2, -0.15) is 0 Å². The number of unbranched alkanes of at least 4 members (excludes halogenated alkanes) is 3. The molecule has 0 spiro atoms. The van der Waals surface area contributed by atoms with E-state index in [0.717, 1.165) is 64.3 Å². The van der Waals surface area contributed by atoms with Gasteiger partial charge in [0, 0.05) is 17.3 Å². The van der Waals surface area contributed by atoms with Crippen LogP contribution in [0.4, 0.5) is 0 Å². The smallest absolute Gasteiger partial charge is 0.180 e. The Morgan fingerprint density at radius 3 is 2.46 bits per heavy atom. The van der Waals surface area contributed by atoms with Gasteiger partial charge in [0.1, 0.15) is 6.10 Å². The molecule has 326 valence electrons. The van der Waals surface area contributed by atoms with Crippen molar-refractivity contribution in [3.8, 4) is 0 Å². The van der Waals surface area contributed by atoms with Crippen molar-refractivity contribution < 1.29 is 40.2 Å². The van der Waals surface area contributed by atoms with Crippen LogP contribution in [-0.4, -0.2) is 110 Å². The molecule has 5 aliphatic carbocycles. The number of aliphatic hydroxyl groups excluding tert-OH is 4. The number of aliphatic imine (C=N–C) groups is 1. The van der Waals surface area contributed by atoms with Gasteiger partial charge in [0.25, 0.3) is 0 Å². The first-order valence-corrected chi connectivity index (χ1v) is 23.5. The molecular formula is C46H79N3O8. The van der Waals surface area contributed by atoms with Crippen molar-refractivity contribution in [2.45, 2.75) is 198 Å². The summed E-state index contributed by atoms with van der Waals surface area (Å²) < 4.78 is 6.39. The second-order valence-corrected chi connectivity index (χ2v) is 20.9. The lowest BCUT2D eigenvalue weighted by Crippen LogP contribution is -2.72. The quantitative estimate of drug-likeness (QED) is 0.115. The van der Waals surface area contributed by atoms with Gasteiger partial charge in [-0.15, -0.1) is 0 Å². The van der Waals surface area contributed by atoms with E-state index in [4.69, 9.17) is 15.5 Å². The summed E-state index contributed by atoms with van der Waals surface area (Å²) in [6.07, 6.45) is 11.3. The van der Waals surface area contributed by atoms with Crippen molar-refractivity contribution in [1.29, 1.82) is 0 Å². The fourth-order valence-corrected chi connectivity index (χ4v) is 14.9. The molecular weight excluding hydrogens is 723 g/mol. The third kappa shape index (κ3) is 7.66. The third-order valence-electron chi connectivity index (χ3n) is 17.8. The Labute approximate surface area is 342 Å². The molecule has 2 aliphatic heterocycles. The number of carbonyl (C=O) groups is 1. The lowest BCUT2D eigenvalue weighted by atomic mass is 9.38. The van der Waals surface area contributed by atoms with Crippen LogP contribution in [0.2, 0.25) is 0 Å². The molecule has 11 heteroatoms. The van der Waals surface area contributed by atoms with Gasteiger partial charge in [-0.05, 0) is 145 Å². The predicted octanol–water partition coefficient (Wildman–Crippen LogP) is 4.65. The zero-order valence-corrected chi connectivity index (χ0v) is 35.7. The van der Waals surface area contributed by atoms with Gasteiger partial charge in [-0.25, -0.2) is 0 Å². The van der Waals surface area contributed by atoms with E-state index in [1.54, 1.807) is 13.8 Å². The van der Waals surface area contributed by atoms with Gasteiger partial charge in [-0.3, -0.25) is 9.79 Å². The SMILES string of the molecule is CCCCCCC1COC(C(O)C(C)(O)C2CCC3(O)C4C(=NCC(C)O)C(=O)C5CC(O)C(O)CC5(CCC5CCC(N)NC5)C4CCC23C2CCCC2)C1C. The Bertz CT molecular complexity index is 1410. The van der Waals surface area contributed by atoms with Crippen LogP contribution < -0.4 is 11.1 Å². The maximum atomic E-state index is 15.2. The molecule has 0 aromatic rings. The predicted molar refractivity (Wildman–Crippen MR) is 220 cm³/mol. The molecule has 9 N–H and O–H groups in total. The molecule has 5 saturated carbocycles. The molecule has 17 unspecified atom stereocenters. The number of ketones is 1. The van der Waals surface area contributed by atoms with E-state index in [9.17, 15) is 30.6 Å². The van der Waals surface area contributed by atoms with Crippen LogP contribution in [0, 0.1) is 58.2 Å². The van der Waals surface area contributed by atoms with Crippen LogP contribution in [-0.2, 0) is 9.53 Å². The van der Waals surface area contributed by atoms with Crippen molar-refractivity contribution in [1.82, 2.24) is 5.32 Å². The molecule has 11 nitrogen and oxygen atoms in total. The number of hydrogen-bond donors (Lipinski definition) is 8. The molecule has 0 bridgehead atoms. The standard InChI is InChI=1S/C46H79N3O8/c1-5-6-7-8-11-30-26-57-41(28(30)3)42(54)43(4,55)36-18-21-46(56)38-32(17-20-45(36,46)31-12-9-10-13-31)44(19-16-29-14-15-37(47)48-25-29)23-35(52)34(51)22-33(44)40(53)39(38)49-24-27(2)50/h27-38,41-42,48,50-52,54-56H,5-26,47H2,1-4H3. The number of ether oxygens (including phenoxy) is 1. The molecule has 0 amide bonds. The highest BCUT2D eigenvalue weighted by molar-refractivity contribution is 6.42. The summed E-state index contributed by atoms with van der Waals surface area (Å²) in [7, 11) is 0. The minimum atomic E-state index is -1.56. The van der Waals surface area contributed by atoms with E-state index < -0.39 is 70.3 Å². The van der Waals surface area contributed by atoms with Crippen LogP contribution in [0.25, 0.3) is 0 Å². The molecule has 2 heterocycles. The summed E-state index contributed by atoms with van der Waals surface area (Å²) in [5.41, 5.74) is 2.12. The Morgan fingerprint density at radius 2 is 1.77 bits per heavy atom. The first-order chi connectivity index (χ1) is 27.1. The van der Waals surface area contributed by atoms with E-state index in [1.807, 2.05) is 0 Å². The minimum Gasteiger partial charge on any atom is -0.391 e. The molecule has 0 aromatic carbocycles. The number of carbonyl (C=O) groups excluding carboxylic acids is 1. The number of nitrogens with two attached hydrogens (primary N) is 1. The Hall–Kier alpha value is -1.02. The summed E-state index contributed by atoms with van der Waals surface area (Å²) >= 11 is 0. The highest BCUT2D eigenvalue weighted by Gasteiger charge is 2.76. The van der Waals surface area contributed by atoms with Crippen molar-refractivity contribution in [2.24, 2.45) is 68.9 Å². The Balaban J connectivity index is 1.27. The zero-order valence-electron chi connectivity index (χ0n) is 35.7. The summed E-state index contributed by atoms with van der Waals surface area (Å²) in [5.74, 6) is -1.10. The largest absolute Gasteiger partial charge is 0.391 e. The molecule has 57 heavy (non-hydrogen) atoms. The number of rotatable bonds is 14. The number of nitrogens with zero attached hydrogens (tertiary/aromatic N) is 1. The van der Waals surface area contributed by atoms with Gasteiger partial charge >= 0.3 is 0 Å². The summed E-state index contributed by atoms with van der Waals surface area (Å²) in [5, 5.41) is 75.9. The Morgan fingerprint density at radius 1 is 1.02 bits per heavy atom. The number of fused-ring (bicyclic) bond motifs is 5.